The molecule has 1 aromatic carbocycles. The van der Waals surface area contributed by atoms with Crippen LogP contribution in [0.3, 0.4) is 0 Å². The first-order valence-electron chi connectivity index (χ1n) is 7.98. The summed E-state index contributed by atoms with van der Waals surface area (Å²) in [6.45, 7) is 8.57. The van der Waals surface area contributed by atoms with E-state index >= 15 is 0 Å². The predicted octanol–water partition coefficient (Wildman–Crippen LogP) is 2.79. The Kier molecular flexibility index (Phi) is 3.97. The number of fused-ring (bicyclic) bond motifs is 1. The number of ketones is 1. The van der Waals surface area contributed by atoms with Crippen molar-refractivity contribution in [3.05, 3.63) is 42.5 Å². The van der Waals surface area contributed by atoms with E-state index in [0.717, 1.165) is 5.56 Å². The fourth-order valence-corrected chi connectivity index (χ4v) is 5.70. The summed E-state index contributed by atoms with van der Waals surface area (Å²) in [6.07, 6.45) is 2.87. The van der Waals surface area contributed by atoms with Gasteiger partial charge in [0, 0.05) is 25.4 Å². The summed E-state index contributed by atoms with van der Waals surface area (Å²) in [5, 5.41) is 0. The Morgan fingerprint density at radius 2 is 2.00 bits per heavy atom. The highest BCUT2D eigenvalue weighted by atomic mass is 32.2. The predicted molar refractivity (Wildman–Crippen MR) is 89.5 cm³/mol. The Bertz CT molecular complexity index is 738. The molecule has 0 spiro atoms. The highest BCUT2D eigenvalue weighted by molar-refractivity contribution is 7.89. The molecular weight excluding hydrogens is 310 g/mol. The van der Waals surface area contributed by atoms with Gasteiger partial charge in [-0.15, -0.1) is 6.58 Å². The molecule has 0 aromatic heterocycles. The molecule has 1 saturated heterocycles. The van der Waals surface area contributed by atoms with Crippen molar-refractivity contribution in [3.8, 4) is 0 Å². The fourth-order valence-electron chi connectivity index (χ4n) is 4.10. The summed E-state index contributed by atoms with van der Waals surface area (Å²) in [5.41, 5.74) is 0.786. The first-order valence-corrected chi connectivity index (χ1v) is 9.42. The van der Waals surface area contributed by atoms with E-state index in [4.69, 9.17) is 0 Å². The molecule has 1 aromatic rings. The van der Waals surface area contributed by atoms with Crippen LogP contribution in [0.4, 0.5) is 0 Å². The standard InChI is InChI=1S/C18H23NO3S/c1-4-5-15-16-11-19(12-18(16,3)10-17(15)20)23(21,22)14-8-6-13(2)7-9-14/h4,6-9,15-16H,1,5,10-12H2,2-3H3. The van der Waals surface area contributed by atoms with Crippen LogP contribution in [0.5, 0.6) is 0 Å². The van der Waals surface area contributed by atoms with Gasteiger partial charge in [-0.1, -0.05) is 30.7 Å². The van der Waals surface area contributed by atoms with Gasteiger partial charge in [0.25, 0.3) is 0 Å². The van der Waals surface area contributed by atoms with Gasteiger partial charge in [-0.2, -0.15) is 4.31 Å². The van der Waals surface area contributed by atoms with Crippen LogP contribution in [0.25, 0.3) is 0 Å². The summed E-state index contributed by atoms with van der Waals surface area (Å²) in [6, 6.07) is 6.95. The lowest BCUT2D eigenvalue weighted by molar-refractivity contribution is -0.121. The molecule has 1 saturated carbocycles. The average Bonchev–Trinajstić information content (AvgIpc) is 2.93. The molecule has 0 bridgehead atoms. The summed E-state index contributed by atoms with van der Waals surface area (Å²) >= 11 is 0. The van der Waals surface area contributed by atoms with Crippen LogP contribution in [-0.4, -0.2) is 31.6 Å². The van der Waals surface area contributed by atoms with Crippen molar-refractivity contribution in [1.29, 1.82) is 0 Å². The molecular formula is C18H23NO3S. The molecule has 124 valence electrons. The number of sulfonamides is 1. The van der Waals surface area contributed by atoms with Gasteiger partial charge < -0.3 is 0 Å². The normalized spacial score (nSPS) is 31.3. The molecule has 0 N–H and O–H groups in total. The Morgan fingerprint density at radius 3 is 2.61 bits per heavy atom. The third-order valence-corrected chi connectivity index (χ3v) is 7.22. The van der Waals surface area contributed by atoms with E-state index < -0.39 is 10.0 Å². The lowest BCUT2D eigenvalue weighted by Crippen LogP contribution is -2.32. The molecule has 1 heterocycles. The SMILES string of the molecule is C=CCC1C(=O)CC2(C)CN(S(=O)(=O)c3ccc(C)cc3)CC12. The average molecular weight is 333 g/mol. The smallest absolute Gasteiger partial charge is 0.243 e. The maximum absolute atomic E-state index is 12.9. The van der Waals surface area contributed by atoms with Crippen molar-refractivity contribution in [2.24, 2.45) is 17.3 Å². The van der Waals surface area contributed by atoms with E-state index in [2.05, 4.69) is 6.58 Å². The molecule has 1 aliphatic carbocycles. The minimum atomic E-state index is -3.50. The fraction of sp³-hybridized carbons (Fsp3) is 0.500. The Morgan fingerprint density at radius 1 is 1.35 bits per heavy atom. The van der Waals surface area contributed by atoms with Crippen LogP contribution < -0.4 is 0 Å². The lowest BCUT2D eigenvalue weighted by atomic mass is 9.79. The number of aryl methyl sites for hydroxylation is 1. The topological polar surface area (TPSA) is 54.5 Å². The van der Waals surface area contributed by atoms with Crippen LogP contribution in [0, 0.1) is 24.2 Å². The van der Waals surface area contributed by atoms with Gasteiger partial charge in [0.05, 0.1) is 4.90 Å². The Labute approximate surface area is 138 Å². The molecule has 23 heavy (non-hydrogen) atoms. The van der Waals surface area contributed by atoms with E-state index in [9.17, 15) is 13.2 Å². The van der Waals surface area contributed by atoms with E-state index in [1.54, 1.807) is 22.5 Å². The summed E-state index contributed by atoms with van der Waals surface area (Å²) in [5.74, 6) is 0.258. The maximum Gasteiger partial charge on any atom is 0.243 e. The second-order valence-corrected chi connectivity index (χ2v) is 9.08. The van der Waals surface area contributed by atoms with Gasteiger partial charge >= 0.3 is 0 Å². The highest BCUT2D eigenvalue weighted by Crippen LogP contribution is 2.51. The first kappa shape index (κ1) is 16.4. The minimum Gasteiger partial charge on any atom is -0.299 e. The summed E-state index contributed by atoms with van der Waals surface area (Å²) in [4.78, 5) is 12.6. The Hall–Kier alpha value is -1.46. The number of hydrogen-bond acceptors (Lipinski definition) is 3. The molecule has 5 heteroatoms. The second kappa shape index (κ2) is 5.56. The van der Waals surface area contributed by atoms with Crippen molar-refractivity contribution < 1.29 is 13.2 Å². The third kappa shape index (κ3) is 2.66. The number of nitrogens with zero attached hydrogens (tertiary/aromatic N) is 1. The lowest BCUT2D eigenvalue weighted by Gasteiger charge is -2.23. The molecule has 3 atom stereocenters. The number of hydrogen-bond donors (Lipinski definition) is 0. The molecule has 2 fully saturated rings. The molecule has 3 rings (SSSR count). The van der Waals surface area contributed by atoms with Gasteiger partial charge in [-0.25, -0.2) is 8.42 Å². The van der Waals surface area contributed by atoms with E-state index in [-0.39, 0.29) is 23.0 Å². The van der Waals surface area contributed by atoms with Crippen molar-refractivity contribution in [1.82, 2.24) is 4.31 Å². The van der Waals surface area contributed by atoms with Crippen LogP contribution in [0.2, 0.25) is 0 Å². The van der Waals surface area contributed by atoms with Crippen molar-refractivity contribution in [2.45, 2.75) is 31.6 Å². The van der Waals surface area contributed by atoms with Gasteiger partial charge in [0.2, 0.25) is 10.0 Å². The number of carbonyl (C=O) groups is 1. The number of Topliss-reactive ketones (excluding diaryl/α,β-unsaturated/α-hetero) is 1. The molecule has 2 aliphatic rings. The van der Waals surface area contributed by atoms with Crippen LogP contribution >= 0.6 is 0 Å². The molecule has 0 amide bonds. The molecule has 4 nitrogen and oxygen atoms in total. The minimum absolute atomic E-state index is 0.0873. The van der Waals surface area contributed by atoms with Crippen LogP contribution in [0.1, 0.15) is 25.3 Å². The zero-order chi connectivity index (χ0) is 16.8. The summed E-state index contributed by atoms with van der Waals surface area (Å²) in [7, 11) is -3.50. The molecule has 3 unspecified atom stereocenters. The number of benzene rings is 1. The highest BCUT2D eigenvalue weighted by Gasteiger charge is 2.56. The van der Waals surface area contributed by atoms with E-state index in [0.29, 0.717) is 30.8 Å². The molecule has 0 radical (unpaired) electrons. The number of rotatable bonds is 4. The van der Waals surface area contributed by atoms with Gasteiger partial charge in [-0.05, 0) is 36.8 Å². The van der Waals surface area contributed by atoms with Crippen molar-refractivity contribution >= 4 is 15.8 Å². The summed E-state index contributed by atoms with van der Waals surface area (Å²) < 4.78 is 27.3. The Balaban J connectivity index is 1.88. The first-order chi connectivity index (χ1) is 10.8. The van der Waals surface area contributed by atoms with Gasteiger partial charge in [0.15, 0.2) is 0 Å². The second-order valence-electron chi connectivity index (χ2n) is 7.15. The van der Waals surface area contributed by atoms with Crippen LogP contribution in [0.15, 0.2) is 41.8 Å². The largest absolute Gasteiger partial charge is 0.299 e. The quantitative estimate of drug-likeness (QED) is 0.796. The third-order valence-electron chi connectivity index (χ3n) is 5.39. The van der Waals surface area contributed by atoms with Crippen molar-refractivity contribution in [2.75, 3.05) is 13.1 Å². The van der Waals surface area contributed by atoms with Crippen LogP contribution in [-0.2, 0) is 14.8 Å². The van der Waals surface area contributed by atoms with Gasteiger partial charge in [0.1, 0.15) is 5.78 Å². The molecule has 1 aliphatic heterocycles. The zero-order valence-corrected chi connectivity index (χ0v) is 14.5. The monoisotopic (exact) mass is 333 g/mol. The zero-order valence-electron chi connectivity index (χ0n) is 13.7. The number of carbonyl (C=O) groups excluding carboxylic acids is 1. The van der Waals surface area contributed by atoms with Gasteiger partial charge in [-0.3, -0.25) is 4.79 Å². The van der Waals surface area contributed by atoms with Crippen molar-refractivity contribution in [3.63, 3.8) is 0 Å². The van der Waals surface area contributed by atoms with E-state index in [1.165, 1.54) is 0 Å². The maximum atomic E-state index is 12.9. The van der Waals surface area contributed by atoms with E-state index in [1.807, 2.05) is 26.0 Å². The number of allylic oxidation sites excluding steroid dienone is 1.